The number of nitrogens with zero attached hydrogens (tertiary/aromatic N) is 2. The molecule has 10 heteroatoms. The first-order chi connectivity index (χ1) is 16.8. The van der Waals surface area contributed by atoms with Gasteiger partial charge < -0.3 is 15.0 Å². The molecule has 1 amide bonds. The second-order valence-electron chi connectivity index (χ2n) is 8.17. The molecule has 1 aliphatic rings. The van der Waals surface area contributed by atoms with Crippen molar-refractivity contribution in [2.24, 2.45) is 0 Å². The SMILES string of the molecule is CCN(c1ccccc1)S(=O)(=O)c1ccc(C(=O)Nc2sc3c(c2C(=O)OC)CCN(C)C3)cc1. The summed E-state index contributed by atoms with van der Waals surface area (Å²) < 4.78 is 32.7. The number of nitrogens with one attached hydrogen (secondary N) is 1. The zero-order valence-electron chi connectivity index (χ0n) is 19.8. The van der Waals surface area contributed by atoms with E-state index < -0.39 is 21.9 Å². The van der Waals surface area contributed by atoms with Crippen LogP contribution in [-0.4, -0.2) is 52.4 Å². The number of sulfonamides is 1. The number of para-hydroxylation sites is 1. The van der Waals surface area contributed by atoms with Crippen LogP contribution >= 0.6 is 11.3 Å². The highest BCUT2D eigenvalue weighted by molar-refractivity contribution is 7.92. The summed E-state index contributed by atoms with van der Waals surface area (Å²) in [6.07, 6.45) is 0.699. The van der Waals surface area contributed by atoms with Gasteiger partial charge in [0.2, 0.25) is 0 Å². The lowest BCUT2D eigenvalue weighted by Crippen LogP contribution is -2.30. The summed E-state index contributed by atoms with van der Waals surface area (Å²) in [7, 11) is -0.470. The third kappa shape index (κ3) is 4.95. The number of rotatable bonds is 7. The van der Waals surface area contributed by atoms with Gasteiger partial charge in [-0.1, -0.05) is 18.2 Å². The van der Waals surface area contributed by atoms with Crippen molar-refractivity contribution in [2.45, 2.75) is 24.8 Å². The molecule has 0 fully saturated rings. The second-order valence-corrected chi connectivity index (χ2v) is 11.1. The maximum Gasteiger partial charge on any atom is 0.341 e. The number of carbonyl (C=O) groups is 2. The molecule has 35 heavy (non-hydrogen) atoms. The van der Waals surface area contributed by atoms with Gasteiger partial charge in [0, 0.05) is 30.1 Å². The van der Waals surface area contributed by atoms with E-state index in [4.69, 9.17) is 4.74 Å². The van der Waals surface area contributed by atoms with Crippen molar-refractivity contribution >= 4 is 43.9 Å². The molecule has 0 saturated heterocycles. The second kappa shape index (κ2) is 10.2. The Morgan fingerprint density at radius 3 is 2.43 bits per heavy atom. The number of benzene rings is 2. The summed E-state index contributed by atoms with van der Waals surface area (Å²) >= 11 is 1.37. The van der Waals surface area contributed by atoms with Gasteiger partial charge in [0.25, 0.3) is 15.9 Å². The third-order valence-corrected chi connectivity index (χ3v) is 8.95. The Morgan fingerprint density at radius 1 is 1.11 bits per heavy atom. The molecule has 0 radical (unpaired) electrons. The number of methoxy groups -OCH3 is 1. The summed E-state index contributed by atoms with van der Waals surface area (Å²) in [5, 5.41) is 3.28. The van der Waals surface area contributed by atoms with Gasteiger partial charge in [-0.05, 0) is 62.4 Å². The van der Waals surface area contributed by atoms with Gasteiger partial charge in [0.05, 0.1) is 23.3 Å². The average Bonchev–Trinajstić information content (AvgIpc) is 3.21. The van der Waals surface area contributed by atoms with Gasteiger partial charge >= 0.3 is 5.97 Å². The molecular weight excluding hydrogens is 486 g/mol. The quantitative estimate of drug-likeness (QED) is 0.480. The fraction of sp³-hybridized carbons (Fsp3) is 0.280. The van der Waals surface area contributed by atoms with Gasteiger partial charge in [-0.2, -0.15) is 0 Å². The number of esters is 1. The predicted molar refractivity (Wildman–Crippen MR) is 137 cm³/mol. The number of fused-ring (bicyclic) bond motifs is 1. The minimum absolute atomic E-state index is 0.0876. The fourth-order valence-electron chi connectivity index (χ4n) is 4.10. The molecule has 3 aromatic rings. The van der Waals surface area contributed by atoms with Crippen LogP contribution < -0.4 is 9.62 Å². The largest absolute Gasteiger partial charge is 0.465 e. The molecule has 184 valence electrons. The lowest BCUT2D eigenvalue weighted by Gasteiger charge is -2.23. The highest BCUT2D eigenvalue weighted by Gasteiger charge is 2.29. The Bertz CT molecular complexity index is 1340. The molecule has 1 aliphatic heterocycles. The van der Waals surface area contributed by atoms with Crippen LogP contribution in [0, 0.1) is 0 Å². The molecule has 0 atom stereocenters. The maximum absolute atomic E-state index is 13.2. The van der Waals surface area contributed by atoms with E-state index >= 15 is 0 Å². The van der Waals surface area contributed by atoms with Crippen LogP contribution in [0.1, 0.15) is 38.1 Å². The molecule has 0 saturated carbocycles. The molecule has 1 aromatic heterocycles. The molecule has 8 nitrogen and oxygen atoms in total. The van der Waals surface area contributed by atoms with Gasteiger partial charge in [-0.3, -0.25) is 9.10 Å². The molecule has 2 aromatic carbocycles. The zero-order valence-corrected chi connectivity index (χ0v) is 21.4. The number of carbonyl (C=O) groups excluding carboxylic acids is 2. The first-order valence-electron chi connectivity index (χ1n) is 11.2. The number of amides is 1. The van der Waals surface area contributed by atoms with E-state index in [1.54, 1.807) is 31.2 Å². The molecular formula is C25H27N3O5S2. The van der Waals surface area contributed by atoms with E-state index in [9.17, 15) is 18.0 Å². The molecule has 2 heterocycles. The normalized spacial score (nSPS) is 13.7. The van der Waals surface area contributed by atoms with E-state index in [1.807, 2.05) is 13.1 Å². The summed E-state index contributed by atoms with van der Waals surface area (Å²) in [6.45, 7) is 3.54. The first-order valence-corrected chi connectivity index (χ1v) is 13.4. The minimum atomic E-state index is -3.80. The van der Waals surface area contributed by atoms with Crippen molar-refractivity contribution in [3.05, 3.63) is 76.2 Å². The van der Waals surface area contributed by atoms with E-state index in [2.05, 4.69) is 10.2 Å². The number of likely N-dealkylation sites (N-methyl/N-ethyl adjacent to an activating group) is 1. The molecule has 0 bridgehead atoms. The van der Waals surface area contributed by atoms with Crippen molar-refractivity contribution in [3.8, 4) is 0 Å². The Kier molecular flexibility index (Phi) is 7.25. The average molecular weight is 514 g/mol. The third-order valence-electron chi connectivity index (χ3n) is 5.90. The van der Waals surface area contributed by atoms with Crippen LogP contribution in [0.4, 0.5) is 10.7 Å². The fourth-order valence-corrected chi connectivity index (χ4v) is 6.89. The standard InChI is InChI=1S/C25H27N3O5S2/c1-4-28(18-8-6-5-7-9-18)35(31,32)19-12-10-17(11-13-19)23(29)26-24-22(25(30)33-3)20-14-15-27(2)16-21(20)34-24/h5-13H,4,14-16H2,1-3H3,(H,26,29). The first kappa shape index (κ1) is 24.9. The van der Waals surface area contributed by atoms with Crippen molar-refractivity contribution in [1.82, 2.24) is 4.90 Å². The lowest BCUT2D eigenvalue weighted by atomic mass is 10.0. The highest BCUT2D eigenvalue weighted by Crippen LogP contribution is 2.37. The van der Waals surface area contributed by atoms with Crippen LogP contribution in [0.15, 0.2) is 59.5 Å². The summed E-state index contributed by atoms with van der Waals surface area (Å²) in [5.41, 5.74) is 2.16. The van der Waals surface area contributed by atoms with Gasteiger partial charge in [0.1, 0.15) is 5.00 Å². The summed E-state index contributed by atoms with van der Waals surface area (Å²) in [5.74, 6) is -0.911. The van der Waals surface area contributed by atoms with Gasteiger partial charge in [-0.25, -0.2) is 13.2 Å². The lowest BCUT2D eigenvalue weighted by molar-refractivity contribution is 0.0600. The van der Waals surface area contributed by atoms with Crippen molar-refractivity contribution in [1.29, 1.82) is 0 Å². The number of anilines is 2. The number of hydrogen-bond donors (Lipinski definition) is 1. The van der Waals surface area contributed by atoms with Gasteiger partial charge in [-0.15, -0.1) is 11.3 Å². The summed E-state index contributed by atoms with van der Waals surface area (Å²) in [4.78, 5) is 28.7. The van der Waals surface area contributed by atoms with Crippen LogP contribution in [0.2, 0.25) is 0 Å². The molecule has 0 unspecified atom stereocenters. The van der Waals surface area contributed by atoms with E-state index in [0.29, 0.717) is 29.2 Å². The van der Waals surface area contributed by atoms with Crippen LogP contribution in [0.5, 0.6) is 0 Å². The zero-order chi connectivity index (χ0) is 25.2. The summed E-state index contributed by atoms with van der Waals surface area (Å²) in [6, 6.07) is 14.6. The van der Waals surface area contributed by atoms with E-state index in [-0.39, 0.29) is 17.0 Å². The van der Waals surface area contributed by atoms with Crippen LogP contribution in [-0.2, 0) is 27.7 Å². The Hall–Kier alpha value is -3.21. The molecule has 0 spiro atoms. The van der Waals surface area contributed by atoms with Crippen molar-refractivity contribution in [2.75, 3.05) is 36.9 Å². The number of hydrogen-bond acceptors (Lipinski definition) is 7. The predicted octanol–water partition coefficient (Wildman–Crippen LogP) is 3.99. The van der Waals surface area contributed by atoms with Crippen LogP contribution in [0.25, 0.3) is 0 Å². The van der Waals surface area contributed by atoms with Crippen LogP contribution in [0.3, 0.4) is 0 Å². The van der Waals surface area contributed by atoms with Crippen molar-refractivity contribution < 1.29 is 22.7 Å². The molecule has 4 rings (SSSR count). The Morgan fingerprint density at radius 2 is 1.80 bits per heavy atom. The monoisotopic (exact) mass is 513 g/mol. The number of ether oxygens (including phenoxy) is 1. The van der Waals surface area contributed by atoms with Crippen molar-refractivity contribution in [3.63, 3.8) is 0 Å². The molecule has 1 N–H and O–H groups in total. The minimum Gasteiger partial charge on any atom is -0.465 e. The molecule has 0 aliphatic carbocycles. The van der Waals surface area contributed by atoms with E-state index in [0.717, 1.165) is 17.0 Å². The highest BCUT2D eigenvalue weighted by atomic mass is 32.2. The van der Waals surface area contributed by atoms with Gasteiger partial charge in [0.15, 0.2) is 0 Å². The Balaban J connectivity index is 1.58. The number of thiophene rings is 1. The Labute approximate surface area is 209 Å². The maximum atomic E-state index is 13.2. The smallest absolute Gasteiger partial charge is 0.341 e. The van der Waals surface area contributed by atoms with E-state index in [1.165, 1.54) is 47.0 Å². The topological polar surface area (TPSA) is 96.0 Å².